The first-order valence-electron chi connectivity index (χ1n) is 9.34. The number of carbonyl (C=O) groups excluding carboxylic acids is 1. The molecule has 1 aliphatic heterocycles. The number of fused-ring (bicyclic) bond motifs is 1. The first-order chi connectivity index (χ1) is 12.2. The van der Waals surface area contributed by atoms with Gasteiger partial charge in [-0.05, 0) is 49.6 Å². The van der Waals surface area contributed by atoms with E-state index in [1.54, 1.807) is 0 Å². The molecule has 136 valence electrons. The fourth-order valence-corrected chi connectivity index (χ4v) is 3.46. The molecule has 0 unspecified atom stereocenters. The number of hydrogen-bond acceptors (Lipinski definition) is 3. The number of H-pyrrole nitrogens is 1. The predicted octanol–water partition coefficient (Wildman–Crippen LogP) is 2.42. The van der Waals surface area contributed by atoms with Crippen LogP contribution in [0.3, 0.4) is 0 Å². The lowest BCUT2D eigenvalue weighted by atomic mass is 10.0. The van der Waals surface area contributed by atoms with E-state index in [0.29, 0.717) is 6.42 Å². The van der Waals surface area contributed by atoms with E-state index in [0.717, 1.165) is 69.0 Å². The third kappa shape index (κ3) is 4.61. The van der Waals surface area contributed by atoms with Crippen LogP contribution < -0.4 is 5.32 Å². The number of aromatic amines is 1. The Morgan fingerprint density at radius 2 is 2.12 bits per heavy atom. The lowest BCUT2D eigenvalue weighted by Crippen LogP contribution is -2.38. The smallest absolute Gasteiger partial charge is 0.224 e. The number of carbonyl (C=O) groups is 1. The Morgan fingerprint density at radius 3 is 2.88 bits per heavy atom. The van der Waals surface area contributed by atoms with Crippen molar-refractivity contribution in [2.24, 2.45) is 0 Å². The zero-order valence-corrected chi connectivity index (χ0v) is 15.4. The summed E-state index contributed by atoms with van der Waals surface area (Å²) in [6, 6.07) is 6.47. The van der Waals surface area contributed by atoms with Crippen molar-refractivity contribution in [2.75, 3.05) is 39.4 Å². The minimum Gasteiger partial charge on any atom is -0.379 e. The number of benzene rings is 1. The average molecular weight is 343 g/mol. The van der Waals surface area contributed by atoms with Crippen molar-refractivity contribution in [1.82, 2.24) is 15.2 Å². The van der Waals surface area contributed by atoms with E-state index >= 15 is 0 Å². The van der Waals surface area contributed by atoms with E-state index in [2.05, 4.69) is 40.3 Å². The zero-order valence-electron chi connectivity index (χ0n) is 15.4. The van der Waals surface area contributed by atoms with E-state index < -0.39 is 0 Å². The van der Waals surface area contributed by atoms with Crippen LogP contribution in [0.1, 0.15) is 30.2 Å². The van der Waals surface area contributed by atoms with Crippen LogP contribution in [-0.2, 0) is 22.4 Å². The molecule has 1 saturated heterocycles. The van der Waals surface area contributed by atoms with Gasteiger partial charge in [0.2, 0.25) is 5.91 Å². The third-order valence-corrected chi connectivity index (χ3v) is 5.01. The van der Waals surface area contributed by atoms with Crippen molar-refractivity contribution in [3.63, 3.8) is 0 Å². The number of aromatic nitrogens is 1. The minimum atomic E-state index is 0.105. The van der Waals surface area contributed by atoms with Gasteiger partial charge < -0.3 is 15.0 Å². The first-order valence-corrected chi connectivity index (χ1v) is 9.34. The quantitative estimate of drug-likeness (QED) is 0.759. The van der Waals surface area contributed by atoms with Gasteiger partial charge in [0.1, 0.15) is 0 Å². The Kier molecular flexibility index (Phi) is 6.10. The number of nitrogens with one attached hydrogen (secondary N) is 2. The van der Waals surface area contributed by atoms with Gasteiger partial charge in [-0.3, -0.25) is 9.69 Å². The number of hydrogen-bond donors (Lipinski definition) is 2. The number of ether oxygens (including phenoxy) is 1. The molecule has 0 bridgehead atoms. The monoisotopic (exact) mass is 343 g/mol. The molecule has 5 heteroatoms. The topological polar surface area (TPSA) is 57.4 Å². The molecular weight excluding hydrogens is 314 g/mol. The summed E-state index contributed by atoms with van der Waals surface area (Å²) in [5.41, 5.74) is 4.63. The van der Waals surface area contributed by atoms with E-state index in [-0.39, 0.29) is 5.91 Å². The summed E-state index contributed by atoms with van der Waals surface area (Å²) in [5, 5.41) is 4.25. The SMILES string of the molecule is CCc1ccc2[nH]c(C)c(CC(=O)NCCCN3CCOCC3)c2c1. The van der Waals surface area contributed by atoms with E-state index in [4.69, 9.17) is 4.74 Å². The Morgan fingerprint density at radius 1 is 1.32 bits per heavy atom. The van der Waals surface area contributed by atoms with Crippen LogP contribution in [0.2, 0.25) is 0 Å². The summed E-state index contributed by atoms with van der Waals surface area (Å²) in [6.45, 7) is 9.62. The summed E-state index contributed by atoms with van der Waals surface area (Å²) in [6.07, 6.45) is 2.43. The fraction of sp³-hybridized carbons (Fsp3) is 0.550. The molecule has 0 saturated carbocycles. The standard InChI is InChI=1S/C20H29N3O2/c1-3-16-5-6-19-18(13-16)17(15(2)22-19)14-20(24)21-7-4-8-23-9-11-25-12-10-23/h5-6,13,22H,3-4,7-12,14H2,1-2H3,(H,21,24). The molecule has 1 fully saturated rings. The normalized spacial score (nSPS) is 15.6. The van der Waals surface area contributed by atoms with Gasteiger partial charge in [0, 0.05) is 36.2 Å². The van der Waals surface area contributed by atoms with Crippen LogP contribution in [0, 0.1) is 6.92 Å². The number of aryl methyl sites for hydroxylation is 2. The van der Waals surface area contributed by atoms with Crippen LogP contribution in [-0.4, -0.2) is 55.2 Å². The maximum Gasteiger partial charge on any atom is 0.224 e. The highest BCUT2D eigenvalue weighted by atomic mass is 16.5. The summed E-state index contributed by atoms with van der Waals surface area (Å²) in [5.74, 6) is 0.105. The molecule has 2 aromatic rings. The second-order valence-corrected chi connectivity index (χ2v) is 6.80. The highest BCUT2D eigenvalue weighted by molar-refractivity contribution is 5.90. The summed E-state index contributed by atoms with van der Waals surface area (Å²) in [7, 11) is 0. The Hall–Kier alpha value is -1.85. The summed E-state index contributed by atoms with van der Waals surface area (Å²) >= 11 is 0. The molecule has 5 nitrogen and oxygen atoms in total. The maximum absolute atomic E-state index is 12.4. The average Bonchev–Trinajstić information content (AvgIpc) is 2.94. The molecule has 1 aliphatic rings. The molecule has 2 heterocycles. The van der Waals surface area contributed by atoms with Gasteiger partial charge in [-0.25, -0.2) is 0 Å². The van der Waals surface area contributed by atoms with Gasteiger partial charge in [-0.1, -0.05) is 13.0 Å². The second-order valence-electron chi connectivity index (χ2n) is 6.80. The Balaban J connectivity index is 1.52. The highest BCUT2D eigenvalue weighted by Crippen LogP contribution is 2.24. The molecular formula is C20H29N3O2. The molecule has 1 aromatic heterocycles. The van der Waals surface area contributed by atoms with Gasteiger partial charge >= 0.3 is 0 Å². The van der Waals surface area contributed by atoms with Gasteiger partial charge in [0.25, 0.3) is 0 Å². The van der Waals surface area contributed by atoms with Crippen molar-refractivity contribution >= 4 is 16.8 Å². The fourth-order valence-electron chi connectivity index (χ4n) is 3.46. The van der Waals surface area contributed by atoms with Crippen LogP contribution >= 0.6 is 0 Å². The van der Waals surface area contributed by atoms with Gasteiger partial charge in [-0.15, -0.1) is 0 Å². The molecule has 3 rings (SSSR count). The molecule has 1 aromatic carbocycles. The van der Waals surface area contributed by atoms with Gasteiger partial charge in [0.15, 0.2) is 0 Å². The highest BCUT2D eigenvalue weighted by Gasteiger charge is 2.13. The second kappa shape index (κ2) is 8.50. The van der Waals surface area contributed by atoms with Crippen LogP contribution in [0.4, 0.5) is 0 Å². The molecule has 1 amide bonds. The van der Waals surface area contributed by atoms with Crippen molar-refractivity contribution in [2.45, 2.75) is 33.1 Å². The van der Waals surface area contributed by atoms with Crippen LogP contribution in [0.5, 0.6) is 0 Å². The summed E-state index contributed by atoms with van der Waals surface area (Å²) in [4.78, 5) is 18.1. The lowest BCUT2D eigenvalue weighted by molar-refractivity contribution is -0.120. The van der Waals surface area contributed by atoms with E-state index in [1.807, 2.05) is 6.92 Å². The van der Waals surface area contributed by atoms with E-state index in [1.165, 1.54) is 10.9 Å². The van der Waals surface area contributed by atoms with Crippen molar-refractivity contribution < 1.29 is 9.53 Å². The Labute approximate surface area is 149 Å². The minimum absolute atomic E-state index is 0.105. The predicted molar refractivity (Wildman–Crippen MR) is 101 cm³/mol. The van der Waals surface area contributed by atoms with Gasteiger partial charge in [0.05, 0.1) is 19.6 Å². The molecule has 0 spiro atoms. The first kappa shape index (κ1) is 18.0. The number of morpholine rings is 1. The molecule has 2 N–H and O–H groups in total. The van der Waals surface area contributed by atoms with Crippen molar-refractivity contribution in [3.05, 3.63) is 35.0 Å². The number of amides is 1. The van der Waals surface area contributed by atoms with Crippen LogP contribution in [0.15, 0.2) is 18.2 Å². The largest absolute Gasteiger partial charge is 0.379 e. The molecule has 0 radical (unpaired) electrons. The van der Waals surface area contributed by atoms with Crippen molar-refractivity contribution in [3.8, 4) is 0 Å². The van der Waals surface area contributed by atoms with E-state index in [9.17, 15) is 4.79 Å². The lowest BCUT2D eigenvalue weighted by Gasteiger charge is -2.26. The summed E-state index contributed by atoms with van der Waals surface area (Å²) < 4.78 is 5.35. The molecule has 25 heavy (non-hydrogen) atoms. The molecule has 0 aliphatic carbocycles. The zero-order chi connectivity index (χ0) is 17.6. The van der Waals surface area contributed by atoms with Crippen LogP contribution in [0.25, 0.3) is 10.9 Å². The third-order valence-electron chi connectivity index (χ3n) is 5.01. The van der Waals surface area contributed by atoms with Crippen molar-refractivity contribution in [1.29, 1.82) is 0 Å². The number of nitrogens with zero attached hydrogens (tertiary/aromatic N) is 1. The Bertz CT molecular complexity index is 717. The van der Waals surface area contributed by atoms with Gasteiger partial charge in [-0.2, -0.15) is 0 Å². The number of rotatable bonds is 7. The molecule has 0 atom stereocenters. The maximum atomic E-state index is 12.4.